The Morgan fingerprint density at radius 2 is 2.12 bits per heavy atom. The third-order valence-electron chi connectivity index (χ3n) is 2.29. The highest BCUT2D eigenvalue weighted by atomic mass is 35.5. The third-order valence-corrected chi connectivity index (χ3v) is 3.32. The molecule has 0 saturated carbocycles. The van der Waals surface area contributed by atoms with E-state index in [0.717, 1.165) is 0 Å². The first-order valence-electron chi connectivity index (χ1n) is 4.76. The number of hydrogen-bond donors (Lipinski definition) is 1. The van der Waals surface area contributed by atoms with E-state index in [4.69, 9.17) is 5.73 Å². The van der Waals surface area contributed by atoms with Crippen molar-refractivity contribution < 1.29 is 13.2 Å². The predicted molar refractivity (Wildman–Crippen MR) is 64.3 cm³/mol. The molecule has 1 atom stereocenters. The van der Waals surface area contributed by atoms with E-state index in [1.807, 2.05) is 18.9 Å². The van der Waals surface area contributed by atoms with Crippen LogP contribution in [0.5, 0.6) is 0 Å². The first-order chi connectivity index (χ1) is 7.34. The van der Waals surface area contributed by atoms with Crippen LogP contribution in [-0.2, 0) is 12.7 Å². The van der Waals surface area contributed by atoms with Crippen LogP contribution in [0.3, 0.4) is 0 Å². The first-order valence-corrected chi connectivity index (χ1v) is 5.58. The van der Waals surface area contributed by atoms with Crippen molar-refractivity contribution in [2.45, 2.75) is 25.7 Å². The Balaban J connectivity index is 0.00000256. The molecule has 3 nitrogen and oxygen atoms in total. The van der Waals surface area contributed by atoms with Crippen LogP contribution in [0.4, 0.5) is 13.2 Å². The van der Waals surface area contributed by atoms with Crippen molar-refractivity contribution in [2.75, 3.05) is 13.6 Å². The number of halogens is 4. The van der Waals surface area contributed by atoms with Gasteiger partial charge in [0.2, 0.25) is 0 Å². The molecule has 1 aromatic heterocycles. The Morgan fingerprint density at radius 3 is 2.53 bits per heavy atom. The fourth-order valence-corrected chi connectivity index (χ4v) is 1.94. The molecule has 0 fully saturated rings. The van der Waals surface area contributed by atoms with E-state index in [1.165, 1.54) is 6.20 Å². The van der Waals surface area contributed by atoms with Gasteiger partial charge in [0.25, 0.3) is 0 Å². The lowest BCUT2D eigenvalue weighted by Gasteiger charge is -2.22. The van der Waals surface area contributed by atoms with Crippen LogP contribution in [0.25, 0.3) is 0 Å². The van der Waals surface area contributed by atoms with Gasteiger partial charge in [0, 0.05) is 30.2 Å². The molecular formula is C9H15ClF3N3S. The van der Waals surface area contributed by atoms with Gasteiger partial charge in [-0.15, -0.1) is 23.7 Å². The third kappa shape index (κ3) is 4.79. The van der Waals surface area contributed by atoms with E-state index in [2.05, 4.69) is 4.98 Å². The fraction of sp³-hybridized carbons (Fsp3) is 0.667. The van der Waals surface area contributed by atoms with Crippen molar-refractivity contribution >= 4 is 23.7 Å². The zero-order chi connectivity index (χ0) is 12.3. The van der Waals surface area contributed by atoms with E-state index in [0.29, 0.717) is 29.3 Å². The van der Waals surface area contributed by atoms with Crippen molar-refractivity contribution in [3.8, 4) is 0 Å². The summed E-state index contributed by atoms with van der Waals surface area (Å²) in [7, 11) is 1.82. The number of alkyl halides is 3. The van der Waals surface area contributed by atoms with Crippen LogP contribution in [0.1, 0.15) is 16.8 Å². The highest BCUT2D eigenvalue weighted by molar-refractivity contribution is 7.11. The van der Waals surface area contributed by atoms with Gasteiger partial charge in [-0.05, 0) is 14.0 Å². The van der Waals surface area contributed by atoms with Crippen molar-refractivity contribution in [3.05, 3.63) is 16.1 Å². The zero-order valence-corrected chi connectivity index (χ0v) is 11.1. The van der Waals surface area contributed by atoms with Gasteiger partial charge in [0.15, 0.2) is 5.01 Å². The minimum absolute atomic E-state index is 0. The molecule has 1 heterocycles. The summed E-state index contributed by atoms with van der Waals surface area (Å²) in [6.45, 7) is 2.83. The van der Waals surface area contributed by atoms with Crippen molar-refractivity contribution in [1.29, 1.82) is 0 Å². The summed E-state index contributed by atoms with van der Waals surface area (Å²) in [4.78, 5) is 5.85. The lowest BCUT2D eigenvalue weighted by atomic mass is 10.3. The van der Waals surface area contributed by atoms with Crippen molar-refractivity contribution in [3.63, 3.8) is 0 Å². The van der Waals surface area contributed by atoms with Gasteiger partial charge in [-0.1, -0.05) is 0 Å². The van der Waals surface area contributed by atoms with Crippen LogP contribution in [-0.4, -0.2) is 29.5 Å². The van der Waals surface area contributed by atoms with Gasteiger partial charge in [-0.3, -0.25) is 4.90 Å². The Hall–Kier alpha value is -0.370. The van der Waals surface area contributed by atoms with Gasteiger partial charge >= 0.3 is 6.18 Å². The van der Waals surface area contributed by atoms with Crippen LogP contribution in [0, 0.1) is 0 Å². The second-order valence-electron chi connectivity index (χ2n) is 3.63. The fourth-order valence-electron chi connectivity index (χ4n) is 1.09. The molecule has 0 saturated heterocycles. The van der Waals surface area contributed by atoms with Crippen molar-refractivity contribution in [1.82, 2.24) is 9.88 Å². The van der Waals surface area contributed by atoms with Gasteiger partial charge in [-0.25, -0.2) is 4.98 Å². The summed E-state index contributed by atoms with van der Waals surface area (Å²) < 4.78 is 36.8. The molecule has 17 heavy (non-hydrogen) atoms. The Labute approximate surface area is 108 Å². The van der Waals surface area contributed by atoms with Crippen LogP contribution >= 0.6 is 23.7 Å². The smallest absolute Gasteiger partial charge is 0.329 e. The topological polar surface area (TPSA) is 42.1 Å². The summed E-state index contributed by atoms with van der Waals surface area (Å²) in [6.07, 6.45) is -3.08. The number of aromatic nitrogens is 1. The number of rotatable bonds is 4. The molecule has 0 aliphatic heterocycles. The molecule has 1 rings (SSSR count). The van der Waals surface area contributed by atoms with E-state index in [1.54, 1.807) is 0 Å². The first kappa shape index (κ1) is 16.6. The van der Waals surface area contributed by atoms with Crippen molar-refractivity contribution in [2.24, 2.45) is 5.73 Å². The number of nitrogens with two attached hydrogens (primary N) is 1. The molecule has 0 aliphatic carbocycles. The second kappa shape index (κ2) is 6.53. The summed E-state index contributed by atoms with van der Waals surface area (Å²) in [5, 5.41) is -0.795. The van der Waals surface area contributed by atoms with Crippen LogP contribution < -0.4 is 5.73 Å². The molecule has 0 bridgehead atoms. The molecule has 1 aromatic rings. The molecule has 0 aliphatic rings. The average Bonchev–Trinajstić information content (AvgIpc) is 2.64. The normalized spacial score (nSPS) is 13.6. The Bertz CT molecular complexity index is 342. The van der Waals surface area contributed by atoms with Gasteiger partial charge < -0.3 is 5.73 Å². The SMILES string of the molecule is CC(CN)N(C)Cc1cnc(C(F)(F)F)s1.Cl. The summed E-state index contributed by atoms with van der Waals surface area (Å²) in [5.41, 5.74) is 5.47. The minimum atomic E-state index is -4.35. The molecule has 100 valence electrons. The van der Waals surface area contributed by atoms with Crippen LogP contribution in [0.2, 0.25) is 0 Å². The Kier molecular flexibility index (Phi) is 6.39. The van der Waals surface area contributed by atoms with Crippen LogP contribution in [0.15, 0.2) is 6.20 Å². The summed E-state index contributed by atoms with van der Waals surface area (Å²) in [5.74, 6) is 0. The minimum Gasteiger partial charge on any atom is -0.329 e. The summed E-state index contributed by atoms with van der Waals surface area (Å²) in [6, 6.07) is 0.136. The average molecular weight is 290 g/mol. The maximum Gasteiger partial charge on any atom is 0.443 e. The quantitative estimate of drug-likeness (QED) is 0.925. The van der Waals surface area contributed by atoms with Gasteiger partial charge in [-0.2, -0.15) is 13.2 Å². The maximum atomic E-state index is 12.3. The van der Waals surface area contributed by atoms with E-state index >= 15 is 0 Å². The number of likely N-dealkylation sites (N-methyl/N-ethyl adjacent to an activating group) is 1. The largest absolute Gasteiger partial charge is 0.443 e. The molecule has 8 heteroatoms. The highest BCUT2D eigenvalue weighted by Gasteiger charge is 2.34. The molecule has 0 radical (unpaired) electrons. The molecule has 0 aromatic carbocycles. The number of hydrogen-bond acceptors (Lipinski definition) is 4. The van der Waals surface area contributed by atoms with Gasteiger partial charge in [0.05, 0.1) is 0 Å². The molecule has 0 amide bonds. The summed E-state index contributed by atoms with van der Waals surface area (Å²) >= 11 is 0.677. The zero-order valence-electron chi connectivity index (χ0n) is 9.49. The maximum absolute atomic E-state index is 12.3. The standard InChI is InChI=1S/C9H14F3N3S.ClH/c1-6(3-13)15(2)5-7-4-14-8(16-7)9(10,11)12;/h4,6H,3,5,13H2,1-2H3;1H. The molecule has 1 unspecified atom stereocenters. The molecular weight excluding hydrogens is 275 g/mol. The van der Waals surface area contributed by atoms with E-state index in [9.17, 15) is 13.2 Å². The van der Waals surface area contributed by atoms with E-state index in [-0.39, 0.29) is 18.4 Å². The lowest BCUT2D eigenvalue weighted by Crippen LogP contribution is -2.34. The lowest BCUT2D eigenvalue weighted by molar-refractivity contribution is -0.137. The monoisotopic (exact) mass is 289 g/mol. The number of nitrogens with zero attached hydrogens (tertiary/aromatic N) is 2. The predicted octanol–water partition coefficient (Wildman–Crippen LogP) is 2.36. The van der Waals surface area contributed by atoms with E-state index < -0.39 is 11.2 Å². The Morgan fingerprint density at radius 1 is 1.53 bits per heavy atom. The number of thiazole rings is 1. The molecule has 0 spiro atoms. The van der Waals surface area contributed by atoms with Gasteiger partial charge in [0.1, 0.15) is 0 Å². The highest BCUT2D eigenvalue weighted by Crippen LogP contribution is 2.32. The molecule has 2 N–H and O–H groups in total. The second-order valence-corrected chi connectivity index (χ2v) is 4.74.